The molecule has 0 atom stereocenters. The Bertz CT molecular complexity index is 239. The molecule has 0 aromatic carbocycles. The standard InChI is InChI=1S/C17H32Si/c1-18(16-11-5-6-12-16,17-13-7-8-14-17)15-9-3-2-4-10-15/h15-17H,2-14H2,1H3. The highest BCUT2D eigenvalue weighted by Gasteiger charge is 2.49. The van der Waals surface area contributed by atoms with Gasteiger partial charge >= 0.3 is 0 Å². The number of hydrogen-bond acceptors (Lipinski definition) is 0. The first-order chi connectivity index (χ1) is 8.82. The minimum atomic E-state index is -0.982. The van der Waals surface area contributed by atoms with Gasteiger partial charge in [0.15, 0.2) is 0 Å². The molecule has 0 radical (unpaired) electrons. The molecule has 0 amide bonds. The maximum atomic E-state index is 2.87. The van der Waals surface area contributed by atoms with Gasteiger partial charge in [0.05, 0.1) is 8.07 Å². The highest BCUT2D eigenvalue weighted by Crippen LogP contribution is 2.57. The van der Waals surface area contributed by atoms with Crippen molar-refractivity contribution in [3.05, 3.63) is 0 Å². The van der Waals surface area contributed by atoms with Crippen molar-refractivity contribution in [1.29, 1.82) is 0 Å². The lowest BCUT2D eigenvalue weighted by Gasteiger charge is -2.47. The van der Waals surface area contributed by atoms with Crippen LogP contribution in [0.2, 0.25) is 23.2 Å². The van der Waals surface area contributed by atoms with Crippen molar-refractivity contribution < 1.29 is 0 Å². The van der Waals surface area contributed by atoms with E-state index in [0.717, 1.165) is 0 Å². The zero-order valence-electron chi connectivity index (χ0n) is 12.4. The predicted octanol–water partition coefficient (Wildman–Crippen LogP) is 6.29. The zero-order valence-corrected chi connectivity index (χ0v) is 13.4. The Labute approximate surface area is 115 Å². The molecule has 0 spiro atoms. The lowest BCUT2D eigenvalue weighted by molar-refractivity contribution is 0.476. The predicted molar refractivity (Wildman–Crippen MR) is 82.9 cm³/mol. The summed E-state index contributed by atoms with van der Waals surface area (Å²) in [6, 6.07) is 0. The lowest BCUT2D eigenvalue weighted by atomic mass is 10.0. The summed E-state index contributed by atoms with van der Waals surface area (Å²) in [7, 11) is -0.982. The van der Waals surface area contributed by atoms with Crippen molar-refractivity contribution in [2.24, 2.45) is 0 Å². The molecular formula is C17H32Si. The molecular weight excluding hydrogens is 232 g/mol. The van der Waals surface area contributed by atoms with Crippen LogP contribution in [0.1, 0.15) is 83.5 Å². The van der Waals surface area contributed by atoms with Gasteiger partial charge in [-0.05, 0) is 16.6 Å². The summed E-state index contributed by atoms with van der Waals surface area (Å²) in [5.74, 6) is 0. The van der Waals surface area contributed by atoms with Crippen LogP contribution < -0.4 is 0 Å². The summed E-state index contributed by atoms with van der Waals surface area (Å²) in [4.78, 5) is 0. The monoisotopic (exact) mass is 264 g/mol. The third-order valence-corrected chi connectivity index (χ3v) is 14.0. The Kier molecular flexibility index (Phi) is 4.17. The highest BCUT2D eigenvalue weighted by molar-refractivity contribution is 6.82. The summed E-state index contributed by atoms with van der Waals surface area (Å²) >= 11 is 0. The molecule has 0 unspecified atom stereocenters. The fourth-order valence-electron chi connectivity index (χ4n) is 5.82. The van der Waals surface area contributed by atoms with Gasteiger partial charge in [-0.3, -0.25) is 0 Å². The van der Waals surface area contributed by atoms with Crippen LogP contribution in [-0.4, -0.2) is 8.07 Å². The molecule has 0 aliphatic heterocycles. The van der Waals surface area contributed by atoms with Crippen LogP contribution in [0.4, 0.5) is 0 Å². The number of rotatable bonds is 3. The summed E-state index contributed by atoms with van der Waals surface area (Å²) in [5.41, 5.74) is 3.67. The van der Waals surface area contributed by atoms with Gasteiger partial charge in [0, 0.05) is 0 Å². The Hall–Kier alpha value is 0.217. The van der Waals surface area contributed by atoms with E-state index in [2.05, 4.69) is 6.55 Å². The molecule has 1 heteroatoms. The van der Waals surface area contributed by atoms with Gasteiger partial charge in [0.2, 0.25) is 0 Å². The molecule has 0 aromatic rings. The molecule has 0 bridgehead atoms. The average Bonchev–Trinajstić information content (AvgIpc) is 3.12. The quantitative estimate of drug-likeness (QED) is 0.526. The maximum Gasteiger partial charge on any atom is 0.0598 e. The van der Waals surface area contributed by atoms with Gasteiger partial charge in [-0.15, -0.1) is 0 Å². The first-order valence-corrected chi connectivity index (χ1v) is 11.5. The minimum absolute atomic E-state index is 0.982. The fraction of sp³-hybridized carbons (Fsp3) is 1.00. The first-order valence-electron chi connectivity index (χ1n) is 8.82. The lowest BCUT2D eigenvalue weighted by Crippen LogP contribution is -2.45. The Morgan fingerprint density at radius 2 is 0.778 bits per heavy atom. The summed E-state index contributed by atoms with van der Waals surface area (Å²) in [6.45, 7) is 2.87. The van der Waals surface area contributed by atoms with Crippen LogP contribution >= 0.6 is 0 Å². The third-order valence-electron chi connectivity index (χ3n) is 6.95. The molecule has 104 valence electrons. The molecule has 0 aromatic heterocycles. The molecule has 0 nitrogen and oxygen atoms in total. The van der Waals surface area contributed by atoms with Gasteiger partial charge in [-0.1, -0.05) is 90.0 Å². The largest absolute Gasteiger partial charge is 0.0685 e. The van der Waals surface area contributed by atoms with E-state index in [9.17, 15) is 0 Å². The molecule has 3 aliphatic rings. The van der Waals surface area contributed by atoms with E-state index in [0.29, 0.717) is 0 Å². The molecule has 3 rings (SSSR count). The van der Waals surface area contributed by atoms with Crippen LogP contribution in [0.5, 0.6) is 0 Å². The molecule has 0 saturated heterocycles. The third kappa shape index (κ3) is 2.32. The van der Waals surface area contributed by atoms with E-state index in [1.807, 2.05) is 0 Å². The Morgan fingerprint density at radius 1 is 0.500 bits per heavy atom. The van der Waals surface area contributed by atoms with Gasteiger partial charge in [0.25, 0.3) is 0 Å². The topological polar surface area (TPSA) is 0 Å². The first kappa shape index (κ1) is 13.2. The summed E-state index contributed by atoms with van der Waals surface area (Å²) in [5, 5.41) is 0. The van der Waals surface area contributed by atoms with Gasteiger partial charge in [0.1, 0.15) is 0 Å². The van der Waals surface area contributed by atoms with Crippen molar-refractivity contribution in [1.82, 2.24) is 0 Å². The zero-order chi connectivity index (χ0) is 12.4. The maximum absolute atomic E-state index is 2.87. The van der Waals surface area contributed by atoms with E-state index < -0.39 is 8.07 Å². The normalized spacial score (nSPS) is 29.2. The Morgan fingerprint density at radius 3 is 1.11 bits per heavy atom. The van der Waals surface area contributed by atoms with E-state index in [1.54, 1.807) is 77.0 Å². The van der Waals surface area contributed by atoms with Crippen LogP contribution in [0.3, 0.4) is 0 Å². The highest BCUT2D eigenvalue weighted by atomic mass is 28.3. The average molecular weight is 265 g/mol. The van der Waals surface area contributed by atoms with Crippen LogP contribution in [0.25, 0.3) is 0 Å². The van der Waals surface area contributed by atoms with Crippen LogP contribution in [0, 0.1) is 0 Å². The second-order valence-corrected chi connectivity index (χ2v) is 12.8. The van der Waals surface area contributed by atoms with Crippen LogP contribution in [-0.2, 0) is 0 Å². The van der Waals surface area contributed by atoms with Crippen molar-refractivity contribution in [2.75, 3.05) is 0 Å². The SMILES string of the molecule is C[Si](C1CCCCC1)(C1CCCC1)C1CCCC1. The summed E-state index contributed by atoms with van der Waals surface area (Å²) in [6.07, 6.45) is 20.6. The van der Waals surface area contributed by atoms with E-state index in [-0.39, 0.29) is 0 Å². The minimum Gasteiger partial charge on any atom is -0.0685 e. The molecule has 0 N–H and O–H groups in total. The smallest absolute Gasteiger partial charge is 0.0598 e. The van der Waals surface area contributed by atoms with Crippen molar-refractivity contribution in [2.45, 2.75) is 107 Å². The summed E-state index contributed by atoms with van der Waals surface area (Å²) < 4.78 is 0. The van der Waals surface area contributed by atoms with Gasteiger partial charge in [-0.2, -0.15) is 0 Å². The number of hydrogen-bond donors (Lipinski definition) is 0. The Balaban J connectivity index is 1.80. The van der Waals surface area contributed by atoms with Crippen molar-refractivity contribution >= 4 is 8.07 Å². The molecule has 0 heterocycles. The van der Waals surface area contributed by atoms with Gasteiger partial charge < -0.3 is 0 Å². The van der Waals surface area contributed by atoms with Gasteiger partial charge in [-0.25, -0.2) is 0 Å². The molecule has 3 fully saturated rings. The fourth-order valence-corrected chi connectivity index (χ4v) is 12.8. The molecule has 3 aliphatic carbocycles. The second-order valence-electron chi connectivity index (χ2n) is 7.66. The van der Waals surface area contributed by atoms with Crippen molar-refractivity contribution in [3.8, 4) is 0 Å². The molecule has 3 saturated carbocycles. The second kappa shape index (κ2) is 5.69. The van der Waals surface area contributed by atoms with Crippen LogP contribution in [0.15, 0.2) is 0 Å². The van der Waals surface area contributed by atoms with E-state index in [1.165, 1.54) is 23.0 Å². The molecule has 18 heavy (non-hydrogen) atoms. The van der Waals surface area contributed by atoms with E-state index in [4.69, 9.17) is 0 Å². The van der Waals surface area contributed by atoms with Crippen molar-refractivity contribution in [3.63, 3.8) is 0 Å². The van der Waals surface area contributed by atoms with E-state index >= 15 is 0 Å².